The van der Waals surface area contributed by atoms with E-state index >= 15 is 0 Å². The Morgan fingerprint density at radius 3 is 2.53 bits per heavy atom. The van der Waals surface area contributed by atoms with E-state index in [0.29, 0.717) is 11.6 Å². The second kappa shape index (κ2) is 8.92. The summed E-state index contributed by atoms with van der Waals surface area (Å²) in [6.45, 7) is 6.37. The first kappa shape index (κ1) is 20.5. The molecule has 0 radical (unpaired) electrons. The van der Waals surface area contributed by atoms with E-state index in [9.17, 15) is 4.79 Å². The minimum absolute atomic E-state index is 0.0302. The SMILES string of the molecule is Cc1ccc(C)n1-c1cccnc1N1CCC(C(=O)NCc2cccc(Cl)c2)CC1. The van der Waals surface area contributed by atoms with Crippen molar-refractivity contribution in [3.05, 3.63) is 76.7 Å². The zero-order chi connectivity index (χ0) is 21.1. The highest BCUT2D eigenvalue weighted by molar-refractivity contribution is 6.30. The molecule has 5 nitrogen and oxygen atoms in total. The van der Waals surface area contributed by atoms with Gasteiger partial charge in [0.1, 0.15) is 0 Å². The average Bonchev–Trinajstić information content (AvgIpc) is 3.10. The van der Waals surface area contributed by atoms with Crippen LogP contribution in [0.5, 0.6) is 0 Å². The molecule has 3 aromatic rings. The van der Waals surface area contributed by atoms with Gasteiger partial charge in [-0.1, -0.05) is 23.7 Å². The largest absolute Gasteiger partial charge is 0.355 e. The molecule has 1 aliphatic rings. The molecule has 2 aromatic heterocycles. The number of rotatable bonds is 5. The maximum atomic E-state index is 12.7. The molecule has 6 heteroatoms. The Kier molecular flexibility index (Phi) is 6.09. The van der Waals surface area contributed by atoms with Crippen LogP contribution in [0.15, 0.2) is 54.7 Å². The first-order chi connectivity index (χ1) is 14.5. The Labute approximate surface area is 182 Å². The summed E-state index contributed by atoms with van der Waals surface area (Å²) >= 11 is 6.03. The molecule has 0 saturated carbocycles. The normalized spacial score (nSPS) is 14.7. The fourth-order valence-electron chi connectivity index (χ4n) is 4.19. The van der Waals surface area contributed by atoms with Crippen molar-refractivity contribution in [3.8, 4) is 5.69 Å². The topological polar surface area (TPSA) is 50.2 Å². The van der Waals surface area contributed by atoms with Gasteiger partial charge in [-0.2, -0.15) is 0 Å². The molecule has 3 heterocycles. The highest BCUT2D eigenvalue weighted by Crippen LogP contribution is 2.29. The molecule has 1 saturated heterocycles. The standard InChI is InChI=1S/C24H27ClN4O/c1-17-8-9-18(2)29(17)22-7-4-12-26-23(22)28-13-10-20(11-14-28)24(30)27-16-19-5-3-6-21(25)15-19/h3-9,12,15,20H,10-11,13-14,16H2,1-2H3,(H,27,30). The number of carbonyl (C=O) groups is 1. The number of carbonyl (C=O) groups excluding carboxylic acids is 1. The number of aromatic nitrogens is 2. The highest BCUT2D eigenvalue weighted by atomic mass is 35.5. The van der Waals surface area contributed by atoms with E-state index in [4.69, 9.17) is 11.6 Å². The van der Waals surface area contributed by atoms with Gasteiger partial charge < -0.3 is 14.8 Å². The molecule has 4 rings (SSSR count). The molecule has 1 fully saturated rings. The summed E-state index contributed by atoms with van der Waals surface area (Å²) in [5, 5.41) is 3.75. The monoisotopic (exact) mass is 422 g/mol. The van der Waals surface area contributed by atoms with Crippen molar-refractivity contribution in [1.29, 1.82) is 0 Å². The van der Waals surface area contributed by atoms with Crippen molar-refractivity contribution in [2.45, 2.75) is 33.2 Å². The van der Waals surface area contributed by atoms with Crippen molar-refractivity contribution in [2.24, 2.45) is 5.92 Å². The summed E-state index contributed by atoms with van der Waals surface area (Å²) in [7, 11) is 0. The lowest BCUT2D eigenvalue weighted by molar-refractivity contribution is -0.125. The Morgan fingerprint density at radius 2 is 1.83 bits per heavy atom. The van der Waals surface area contributed by atoms with Crippen molar-refractivity contribution in [2.75, 3.05) is 18.0 Å². The van der Waals surface area contributed by atoms with Gasteiger partial charge in [-0.3, -0.25) is 4.79 Å². The summed E-state index contributed by atoms with van der Waals surface area (Å²) < 4.78 is 2.24. The third-order valence-corrected chi connectivity index (χ3v) is 6.03. The fourth-order valence-corrected chi connectivity index (χ4v) is 4.40. The van der Waals surface area contributed by atoms with E-state index in [1.165, 1.54) is 11.4 Å². The Bertz CT molecular complexity index is 1020. The van der Waals surface area contributed by atoms with Crippen LogP contribution in [-0.2, 0) is 11.3 Å². The van der Waals surface area contributed by atoms with E-state index in [2.05, 4.69) is 51.8 Å². The molecular formula is C24H27ClN4O. The number of aryl methyl sites for hydroxylation is 2. The molecule has 156 valence electrons. The van der Waals surface area contributed by atoms with Crippen LogP contribution in [-0.4, -0.2) is 28.5 Å². The number of pyridine rings is 1. The summed E-state index contributed by atoms with van der Waals surface area (Å²) in [4.78, 5) is 19.6. The van der Waals surface area contributed by atoms with E-state index in [-0.39, 0.29) is 11.8 Å². The lowest BCUT2D eigenvalue weighted by Crippen LogP contribution is -2.41. The average molecular weight is 423 g/mol. The van der Waals surface area contributed by atoms with E-state index in [1.54, 1.807) is 0 Å². The number of nitrogens with zero attached hydrogens (tertiary/aromatic N) is 3. The van der Waals surface area contributed by atoms with Crippen LogP contribution in [0.2, 0.25) is 5.02 Å². The van der Waals surface area contributed by atoms with Gasteiger partial charge in [-0.05, 0) is 68.7 Å². The summed E-state index contributed by atoms with van der Waals surface area (Å²) in [5.41, 5.74) is 4.50. The predicted octanol–water partition coefficient (Wildman–Crippen LogP) is 4.68. The minimum atomic E-state index is 0.0302. The second-order valence-electron chi connectivity index (χ2n) is 7.91. The number of amides is 1. The zero-order valence-corrected chi connectivity index (χ0v) is 18.2. The van der Waals surface area contributed by atoms with Crippen LogP contribution in [0.1, 0.15) is 29.8 Å². The van der Waals surface area contributed by atoms with Crippen LogP contribution < -0.4 is 10.2 Å². The van der Waals surface area contributed by atoms with Gasteiger partial charge in [0.15, 0.2) is 5.82 Å². The molecule has 1 aromatic carbocycles. The second-order valence-corrected chi connectivity index (χ2v) is 8.34. The third-order valence-electron chi connectivity index (χ3n) is 5.80. The van der Waals surface area contributed by atoms with Crippen LogP contribution in [0.3, 0.4) is 0 Å². The number of piperidine rings is 1. The van der Waals surface area contributed by atoms with Crippen molar-refractivity contribution < 1.29 is 4.79 Å². The molecular weight excluding hydrogens is 396 g/mol. The van der Waals surface area contributed by atoms with E-state index in [0.717, 1.165) is 43.0 Å². The molecule has 0 spiro atoms. The quantitative estimate of drug-likeness (QED) is 0.649. The van der Waals surface area contributed by atoms with Crippen LogP contribution in [0, 0.1) is 19.8 Å². The molecule has 30 heavy (non-hydrogen) atoms. The maximum absolute atomic E-state index is 12.7. The van der Waals surface area contributed by atoms with Crippen molar-refractivity contribution in [3.63, 3.8) is 0 Å². The maximum Gasteiger partial charge on any atom is 0.223 e. The smallest absolute Gasteiger partial charge is 0.223 e. The van der Waals surface area contributed by atoms with Crippen LogP contribution in [0.4, 0.5) is 5.82 Å². The van der Waals surface area contributed by atoms with Gasteiger partial charge in [0.05, 0.1) is 5.69 Å². The zero-order valence-electron chi connectivity index (χ0n) is 17.4. The number of hydrogen-bond donors (Lipinski definition) is 1. The summed E-state index contributed by atoms with van der Waals surface area (Å²) in [6, 6.07) is 16.0. The first-order valence-electron chi connectivity index (χ1n) is 10.4. The van der Waals surface area contributed by atoms with Gasteiger partial charge in [-0.25, -0.2) is 4.98 Å². The lowest BCUT2D eigenvalue weighted by Gasteiger charge is -2.33. The van der Waals surface area contributed by atoms with E-state index in [1.807, 2.05) is 36.5 Å². The van der Waals surface area contributed by atoms with Crippen LogP contribution in [0.25, 0.3) is 5.69 Å². The molecule has 0 bridgehead atoms. The lowest BCUT2D eigenvalue weighted by atomic mass is 9.95. The molecule has 0 unspecified atom stereocenters. The molecule has 1 N–H and O–H groups in total. The number of anilines is 1. The van der Waals surface area contributed by atoms with Crippen molar-refractivity contribution in [1.82, 2.24) is 14.9 Å². The summed E-state index contributed by atoms with van der Waals surface area (Å²) in [5.74, 6) is 1.13. The summed E-state index contributed by atoms with van der Waals surface area (Å²) in [6.07, 6.45) is 3.48. The Morgan fingerprint density at radius 1 is 1.10 bits per heavy atom. The van der Waals surface area contributed by atoms with Gasteiger partial charge in [-0.15, -0.1) is 0 Å². The first-order valence-corrected chi connectivity index (χ1v) is 10.8. The predicted molar refractivity (Wildman–Crippen MR) is 121 cm³/mol. The number of hydrogen-bond acceptors (Lipinski definition) is 3. The van der Waals surface area contributed by atoms with Gasteiger partial charge in [0.2, 0.25) is 5.91 Å². The molecule has 0 aliphatic carbocycles. The van der Waals surface area contributed by atoms with E-state index < -0.39 is 0 Å². The number of benzene rings is 1. The minimum Gasteiger partial charge on any atom is -0.355 e. The molecule has 0 atom stereocenters. The van der Waals surface area contributed by atoms with Crippen LogP contribution >= 0.6 is 11.6 Å². The van der Waals surface area contributed by atoms with Gasteiger partial charge in [0, 0.05) is 48.2 Å². The molecule has 1 amide bonds. The highest BCUT2D eigenvalue weighted by Gasteiger charge is 2.27. The van der Waals surface area contributed by atoms with Crippen molar-refractivity contribution >= 4 is 23.3 Å². The number of halogens is 1. The Balaban J connectivity index is 1.40. The number of nitrogens with one attached hydrogen (secondary N) is 1. The van der Waals surface area contributed by atoms with Gasteiger partial charge >= 0.3 is 0 Å². The molecule has 1 aliphatic heterocycles. The Hall–Kier alpha value is -2.79. The third kappa shape index (κ3) is 4.36. The van der Waals surface area contributed by atoms with Gasteiger partial charge in [0.25, 0.3) is 0 Å². The fraction of sp³-hybridized carbons (Fsp3) is 0.333.